The first kappa shape index (κ1) is 14.6. The average Bonchev–Trinajstić information content (AvgIpc) is 2.57. The lowest BCUT2D eigenvalue weighted by molar-refractivity contribution is 0.415. The summed E-state index contributed by atoms with van der Waals surface area (Å²) in [5, 5.41) is 14.6. The molecule has 6 heteroatoms. The Morgan fingerprint density at radius 2 is 1.86 bits per heavy atom. The Balaban J connectivity index is 1.64. The van der Waals surface area contributed by atoms with Gasteiger partial charge in [0.25, 0.3) is 0 Å². The monoisotopic (exact) mass is 299 g/mol. The maximum absolute atomic E-state index is 5.14. The second-order valence-corrected chi connectivity index (χ2v) is 5.50. The molecule has 3 rings (SSSR count). The first-order valence-corrected chi connectivity index (χ1v) is 7.71. The van der Waals surface area contributed by atoms with Gasteiger partial charge in [-0.3, -0.25) is 0 Å². The standard InChI is InChI=1S/C16H21N5O/c1-22-14-9-7-13(8-10-14)19-16-20-15(11-17-21-16)18-12-5-3-2-4-6-12/h7-12H,2-6H2,1H3,(H2,18,19,20,21). The zero-order valence-electron chi connectivity index (χ0n) is 12.7. The van der Waals surface area contributed by atoms with E-state index in [-0.39, 0.29) is 0 Å². The van der Waals surface area contributed by atoms with Gasteiger partial charge < -0.3 is 15.4 Å². The summed E-state index contributed by atoms with van der Waals surface area (Å²) in [6, 6.07) is 8.12. The summed E-state index contributed by atoms with van der Waals surface area (Å²) in [6.07, 6.45) is 7.98. The molecule has 0 radical (unpaired) electrons. The highest BCUT2D eigenvalue weighted by molar-refractivity contribution is 5.55. The first-order valence-electron chi connectivity index (χ1n) is 7.71. The van der Waals surface area contributed by atoms with Crippen LogP contribution in [0, 0.1) is 0 Å². The van der Waals surface area contributed by atoms with Crippen LogP contribution in [0.25, 0.3) is 0 Å². The fourth-order valence-corrected chi connectivity index (χ4v) is 2.69. The van der Waals surface area contributed by atoms with Crippen LogP contribution in [0.15, 0.2) is 30.5 Å². The number of benzene rings is 1. The summed E-state index contributed by atoms with van der Waals surface area (Å²) < 4.78 is 5.14. The van der Waals surface area contributed by atoms with Gasteiger partial charge in [0.05, 0.1) is 13.3 Å². The van der Waals surface area contributed by atoms with Crippen LogP contribution in [0.1, 0.15) is 32.1 Å². The number of ether oxygens (including phenoxy) is 1. The zero-order valence-corrected chi connectivity index (χ0v) is 12.7. The predicted octanol–water partition coefficient (Wildman–Crippen LogP) is 3.37. The Kier molecular flexibility index (Phi) is 4.68. The van der Waals surface area contributed by atoms with E-state index in [2.05, 4.69) is 25.8 Å². The Morgan fingerprint density at radius 1 is 1.09 bits per heavy atom. The number of aromatic nitrogens is 3. The van der Waals surface area contributed by atoms with Crippen molar-refractivity contribution in [1.29, 1.82) is 0 Å². The van der Waals surface area contributed by atoms with E-state index < -0.39 is 0 Å². The molecule has 1 aromatic heterocycles. The van der Waals surface area contributed by atoms with Gasteiger partial charge in [-0.1, -0.05) is 19.3 Å². The van der Waals surface area contributed by atoms with Crippen LogP contribution in [0.2, 0.25) is 0 Å². The van der Waals surface area contributed by atoms with Crippen LogP contribution >= 0.6 is 0 Å². The highest BCUT2D eigenvalue weighted by Gasteiger charge is 2.14. The number of hydrogen-bond acceptors (Lipinski definition) is 6. The van der Waals surface area contributed by atoms with Gasteiger partial charge in [0, 0.05) is 11.7 Å². The van der Waals surface area contributed by atoms with Crippen molar-refractivity contribution >= 4 is 17.5 Å². The number of rotatable bonds is 5. The predicted molar refractivity (Wildman–Crippen MR) is 86.6 cm³/mol. The van der Waals surface area contributed by atoms with Crippen LogP contribution in [-0.2, 0) is 0 Å². The Labute approximate surface area is 130 Å². The fourth-order valence-electron chi connectivity index (χ4n) is 2.69. The van der Waals surface area contributed by atoms with Gasteiger partial charge in [-0.25, -0.2) is 0 Å². The van der Waals surface area contributed by atoms with E-state index in [4.69, 9.17) is 4.74 Å². The molecule has 1 aliphatic rings. The molecule has 0 unspecified atom stereocenters. The Hall–Kier alpha value is -2.37. The van der Waals surface area contributed by atoms with E-state index in [1.807, 2.05) is 24.3 Å². The maximum Gasteiger partial charge on any atom is 0.249 e. The van der Waals surface area contributed by atoms with Gasteiger partial charge in [-0.15, -0.1) is 5.10 Å². The average molecular weight is 299 g/mol. The fraction of sp³-hybridized carbons (Fsp3) is 0.438. The van der Waals surface area contributed by atoms with Crippen molar-refractivity contribution in [3.63, 3.8) is 0 Å². The minimum atomic E-state index is 0.492. The van der Waals surface area contributed by atoms with Gasteiger partial charge in [0.2, 0.25) is 5.95 Å². The zero-order chi connectivity index (χ0) is 15.2. The van der Waals surface area contributed by atoms with E-state index in [0.29, 0.717) is 12.0 Å². The third-order valence-corrected chi connectivity index (χ3v) is 3.86. The van der Waals surface area contributed by atoms with Crippen LogP contribution < -0.4 is 15.4 Å². The Bertz CT molecular complexity index is 596. The van der Waals surface area contributed by atoms with Crippen molar-refractivity contribution in [3.05, 3.63) is 30.5 Å². The molecule has 0 saturated heterocycles. The molecule has 1 fully saturated rings. The second kappa shape index (κ2) is 7.06. The molecule has 2 N–H and O–H groups in total. The summed E-state index contributed by atoms with van der Waals surface area (Å²) in [5.41, 5.74) is 0.900. The topological polar surface area (TPSA) is 72.0 Å². The van der Waals surface area contributed by atoms with Crippen molar-refractivity contribution < 1.29 is 4.74 Å². The highest BCUT2D eigenvalue weighted by atomic mass is 16.5. The Morgan fingerprint density at radius 3 is 2.59 bits per heavy atom. The van der Waals surface area contributed by atoms with Crippen LogP contribution in [0.5, 0.6) is 5.75 Å². The third kappa shape index (κ3) is 3.84. The van der Waals surface area contributed by atoms with Gasteiger partial charge >= 0.3 is 0 Å². The highest BCUT2D eigenvalue weighted by Crippen LogP contribution is 2.21. The van der Waals surface area contributed by atoms with Crippen molar-refractivity contribution in [2.75, 3.05) is 17.7 Å². The molecular weight excluding hydrogens is 278 g/mol. The second-order valence-electron chi connectivity index (χ2n) is 5.50. The van der Waals surface area contributed by atoms with Crippen molar-refractivity contribution in [2.24, 2.45) is 0 Å². The molecule has 22 heavy (non-hydrogen) atoms. The van der Waals surface area contributed by atoms with Gasteiger partial charge in [0.15, 0.2) is 5.82 Å². The smallest absolute Gasteiger partial charge is 0.249 e. The molecule has 0 spiro atoms. The van der Waals surface area contributed by atoms with Crippen LogP contribution in [-0.4, -0.2) is 28.3 Å². The van der Waals surface area contributed by atoms with Gasteiger partial charge in [-0.2, -0.15) is 10.1 Å². The number of nitrogens with zero attached hydrogens (tertiary/aromatic N) is 3. The molecule has 1 heterocycles. The lowest BCUT2D eigenvalue weighted by Crippen LogP contribution is -2.23. The molecule has 2 aromatic rings. The largest absolute Gasteiger partial charge is 0.497 e. The van der Waals surface area contributed by atoms with Crippen molar-refractivity contribution in [3.8, 4) is 5.75 Å². The minimum Gasteiger partial charge on any atom is -0.497 e. The van der Waals surface area contributed by atoms with Crippen LogP contribution in [0.3, 0.4) is 0 Å². The molecule has 0 atom stereocenters. The maximum atomic E-state index is 5.14. The van der Waals surface area contributed by atoms with E-state index in [0.717, 1.165) is 17.3 Å². The van der Waals surface area contributed by atoms with Crippen molar-refractivity contribution in [1.82, 2.24) is 15.2 Å². The summed E-state index contributed by atoms with van der Waals surface area (Å²) in [4.78, 5) is 4.48. The molecule has 0 aliphatic heterocycles. The lowest BCUT2D eigenvalue weighted by atomic mass is 9.96. The summed E-state index contributed by atoms with van der Waals surface area (Å²) in [6.45, 7) is 0. The van der Waals surface area contributed by atoms with E-state index in [1.54, 1.807) is 13.3 Å². The lowest BCUT2D eigenvalue weighted by Gasteiger charge is -2.23. The normalized spacial score (nSPS) is 15.3. The minimum absolute atomic E-state index is 0.492. The molecule has 0 amide bonds. The SMILES string of the molecule is COc1ccc(Nc2nncc(NC3CCCCC3)n2)cc1. The number of anilines is 3. The van der Waals surface area contributed by atoms with E-state index in [9.17, 15) is 0 Å². The van der Waals surface area contributed by atoms with Gasteiger partial charge in [0.1, 0.15) is 5.75 Å². The molecule has 116 valence electrons. The summed E-state index contributed by atoms with van der Waals surface area (Å²) in [7, 11) is 1.65. The van der Waals surface area contributed by atoms with Crippen molar-refractivity contribution in [2.45, 2.75) is 38.1 Å². The summed E-state index contributed by atoms with van der Waals surface area (Å²) in [5.74, 6) is 2.08. The molecular formula is C16H21N5O. The van der Waals surface area contributed by atoms with Crippen LogP contribution in [0.4, 0.5) is 17.5 Å². The molecule has 0 bridgehead atoms. The molecule has 1 aliphatic carbocycles. The third-order valence-electron chi connectivity index (χ3n) is 3.86. The number of methoxy groups -OCH3 is 1. The quantitative estimate of drug-likeness (QED) is 0.882. The molecule has 1 aromatic carbocycles. The first-order chi connectivity index (χ1) is 10.8. The van der Waals surface area contributed by atoms with E-state index in [1.165, 1.54) is 32.1 Å². The van der Waals surface area contributed by atoms with E-state index >= 15 is 0 Å². The van der Waals surface area contributed by atoms with Gasteiger partial charge in [-0.05, 0) is 37.1 Å². The number of hydrogen-bond donors (Lipinski definition) is 2. The molecule has 1 saturated carbocycles. The molecule has 6 nitrogen and oxygen atoms in total. The summed E-state index contributed by atoms with van der Waals surface area (Å²) >= 11 is 0. The number of nitrogens with one attached hydrogen (secondary N) is 2.